The van der Waals surface area contributed by atoms with Gasteiger partial charge in [0.1, 0.15) is 0 Å². The van der Waals surface area contributed by atoms with E-state index in [4.69, 9.17) is 11.5 Å². The SMILES string of the molecule is CC(N)CC(=O)NCCc1cccc(C(N)=O)c1. The van der Waals surface area contributed by atoms with Crippen molar-refractivity contribution >= 4 is 11.8 Å². The van der Waals surface area contributed by atoms with Crippen molar-refractivity contribution < 1.29 is 9.59 Å². The molecule has 1 atom stereocenters. The number of hydrogen-bond acceptors (Lipinski definition) is 3. The first kappa shape index (κ1) is 14.2. The van der Waals surface area contributed by atoms with Gasteiger partial charge < -0.3 is 16.8 Å². The van der Waals surface area contributed by atoms with E-state index in [1.807, 2.05) is 6.07 Å². The molecule has 0 spiro atoms. The Morgan fingerprint density at radius 2 is 2.11 bits per heavy atom. The van der Waals surface area contributed by atoms with Crippen LogP contribution in [-0.4, -0.2) is 24.4 Å². The second-order valence-corrected chi connectivity index (χ2v) is 4.35. The van der Waals surface area contributed by atoms with Gasteiger partial charge in [0.05, 0.1) is 0 Å². The number of carbonyl (C=O) groups is 2. The van der Waals surface area contributed by atoms with E-state index in [1.165, 1.54) is 0 Å². The van der Waals surface area contributed by atoms with Crippen LogP contribution in [-0.2, 0) is 11.2 Å². The Morgan fingerprint density at radius 1 is 1.39 bits per heavy atom. The minimum atomic E-state index is -0.446. The molecule has 0 aliphatic rings. The highest BCUT2D eigenvalue weighted by Crippen LogP contribution is 2.05. The van der Waals surface area contributed by atoms with Gasteiger partial charge >= 0.3 is 0 Å². The molecule has 1 aromatic carbocycles. The molecule has 5 nitrogen and oxygen atoms in total. The molecule has 2 amide bonds. The normalized spacial score (nSPS) is 11.9. The lowest BCUT2D eigenvalue weighted by Crippen LogP contribution is -2.31. The maximum atomic E-state index is 11.4. The van der Waals surface area contributed by atoms with Crippen molar-refractivity contribution in [3.63, 3.8) is 0 Å². The monoisotopic (exact) mass is 249 g/mol. The molecule has 1 rings (SSSR count). The summed E-state index contributed by atoms with van der Waals surface area (Å²) in [5.41, 5.74) is 12.2. The maximum Gasteiger partial charge on any atom is 0.248 e. The fourth-order valence-electron chi connectivity index (χ4n) is 1.59. The van der Waals surface area contributed by atoms with Crippen molar-refractivity contribution in [2.24, 2.45) is 11.5 Å². The van der Waals surface area contributed by atoms with Crippen LogP contribution in [0.1, 0.15) is 29.3 Å². The van der Waals surface area contributed by atoms with Crippen molar-refractivity contribution in [1.29, 1.82) is 0 Å². The van der Waals surface area contributed by atoms with E-state index in [0.29, 0.717) is 24.9 Å². The lowest BCUT2D eigenvalue weighted by Gasteiger charge is -2.07. The van der Waals surface area contributed by atoms with E-state index < -0.39 is 5.91 Å². The average Bonchev–Trinajstić information content (AvgIpc) is 2.28. The van der Waals surface area contributed by atoms with Gasteiger partial charge in [0.15, 0.2) is 0 Å². The van der Waals surface area contributed by atoms with Crippen molar-refractivity contribution in [2.75, 3.05) is 6.54 Å². The highest BCUT2D eigenvalue weighted by Gasteiger charge is 2.05. The first-order valence-corrected chi connectivity index (χ1v) is 5.90. The number of rotatable bonds is 6. The van der Waals surface area contributed by atoms with E-state index in [0.717, 1.165) is 5.56 Å². The molecule has 0 aliphatic heterocycles. The van der Waals surface area contributed by atoms with Crippen molar-refractivity contribution in [1.82, 2.24) is 5.32 Å². The third-order valence-corrected chi connectivity index (χ3v) is 2.45. The molecule has 0 radical (unpaired) electrons. The van der Waals surface area contributed by atoms with E-state index in [9.17, 15) is 9.59 Å². The van der Waals surface area contributed by atoms with Crippen LogP contribution in [0.25, 0.3) is 0 Å². The van der Waals surface area contributed by atoms with Gasteiger partial charge in [-0.1, -0.05) is 12.1 Å². The van der Waals surface area contributed by atoms with Gasteiger partial charge in [-0.25, -0.2) is 0 Å². The Kier molecular flexibility index (Phi) is 5.32. The third kappa shape index (κ3) is 4.97. The fraction of sp³-hybridized carbons (Fsp3) is 0.385. The fourth-order valence-corrected chi connectivity index (χ4v) is 1.59. The molecule has 0 aromatic heterocycles. The molecule has 18 heavy (non-hydrogen) atoms. The average molecular weight is 249 g/mol. The van der Waals surface area contributed by atoms with E-state index in [1.54, 1.807) is 25.1 Å². The second-order valence-electron chi connectivity index (χ2n) is 4.35. The standard InChI is InChI=1S/C13H19N3O2/c1-9(14)7-12(17)16-6-5-10-3-2-4-11(8-10)13(15)18/h2-4,8-9H,5-7,14H2,1H3,(H2,15,18)(H,16,17). The van der Waals surface area contributed by atoms with Crippen LogP contribution < -0.4 is 16.8 Å². The predicted molar refractivity (Wildman–Crippen MR) is 69.9 cm³/mol. The molecule has 0 fully saturated rings. The number of amides is 2. The van der Waals surface area contributed by atoms with Crippen LogP contribution in [0.15, 0.2) is 24.3 Å². The summed E-state index contributed by atoms with van der Waals surface area (Å²) in [6.07, 6.45) is 0.979. The van der Waals surface area contributed by atoms with Crippen LogP contribution in [0.5, 0.6) is 0 Å². The summed E-state index contributed by atoms with van der Waals surface area (Å²) in [5.74, 6) is -0.506. The number of nitrogens with one attached hydrogen (secondary N) is 1. The zero-order chi connectivity index (χ0) is 13.5. The Hall–Kier alpha value is -1.88. The number of hydrogen-bond donors (Lipinski definition) is 3. The largest absolute Gasteiger partial charge is 0.366 e. The molecule has 5 heteroatoms. The minimum Gasteiger partial charge on any atom is -0.366 e. The molecule has 0 saturated carbocycles. The summed E-state index contributed by atoms with van der Waals surface area (Å²) in [6.45, 7) is 2.31. The number of benzene rings is 1. The zero-order valence-electron chi connectivity index (χ0n) is 10.5. The molecular weight excluding hydrogens is 230 g/mol. The van der Waals surface area contributed by atoms with E-state index >= 15 is 0 Å². The van der Waals surface area contributed by atoms with Gasteiger partial charge in [0.2, 0.25) is 11.8 Å². The first-order chi connectivity index (χ1) is 8.49. The van der Waals surface area contributed by atoms with Crippen LogP contribution in [0.3, 0.4) is 0 Å². The minimum absolute atomic E-state index is 0.0592. The van der Waals surface area contributed by atoms with E-state index in [2.05, 4.69) is 5.32 Å². The molecule has 5 N–H and O–H groups in total. The van der Waals surface area contributed by atoms with Gasteiger partial charge in [-0.3, -0.25) is 9.59 Å². The molecule has 98 valence electrons. The highest BCUT2D eigenvalue weighted by molar-refractivity contribution is 5.92. The lowest BCUT2D eigenvalue weighted by molar-refractivity contribution is -0.121. The summed E-state index contributed by atoms with van der Waals surface area (Å²) in [6, 6.07) is 6.94. The van der Waals surface area contributed by atoms with Crippen LogP contribution >= 0.6 is 0 Å². The zero-order valence-corrected chi connectivity index (χ0v) is 10.5. The van der Waals surface area contributed by atoms with Crippen molar-refractivity contribution in [3.8, 4) is 0 Å². The molecule has 0 saturated heterocycles. The van der Waals surface area contributed by atoms with Gasteiger partial charge in [0.25, 0.3) is 0 Å². The summed E-state index contributed by atoms with van der Waals surface area (Å²) in [7, 11) is 0. The van der Waals surface area contributed by atoms with E-state index in [-0.39, 0.29) is 11.9 Å². The van der Waals surface area contributed by atoms with Gasteiger partial charge in [-0.15, -0.1) is 0 Å². The number of primary amides is 1. The summed E-state index contributed by atoms with van der Waals surface area (Å²) < 4.78 is 0. The molecule has 0 aliphatic carbocycles. The van der Waals surface area contributed by atoms with Gasteiger partial charge in [-0.2, -0.15) is 0 Å². The third-order valence-electron chi connectivity index (χ3n) is 2.45. The Labute approximate surface area is 107 Å². The molecular formula is C13H19N3O2. The predicted octanol–water partition coefficient (Wildman–Crippen LogP) is 0.182. The van der Waals surface area contributed by atoms with Crippen molar-refractivity contribution in [3.05, 3.63) is 35.4 Å². The first-order valence-electron chi connectivity index (χ1n) is 5.90. The van der Waals surface area contributed by atoms with Crippen LogP contribution in [0.2, 0.25) is 0 Å². The molecule has 0 heterocycles. The summed E-state index contributed by atoms with van der Waals surface area (Å²) >= 11 is 0. The van der Waals surface area contributed by atoms with Gasteiger partial charge in [-0.05, 0) is 31.0 Å². The smallest absolute Gasteiger partial charge is 0.248 e. The topological polar surface area (TPSA) is 98.2 Å². The van der Waals surface area contributed by atoms with Gasteiger partial charge in [0, 0.05) is 24.6 Å². The Bertz CT molecular complexity index is 430. The summed E-state index contributed by atoms with van der Waals surface area (Å²) in [5, 5.41) is 2.78. The second kappa shape index (κ2) is 6.76. The molecule has 1 aromatic rings. The lowest BCUT2D eigenvalue weighted by atomic mass is 10.1. The maximum absolute atomic E-state index is 11.4. The number of carbonyl (C=O) groups excluding carboxylic acids is 2. The Morgan fingerprint density at radius 3 is 2.72 bits per heavy atom. The quantitative estimate of drug-likeness (QED) is 0.670. The van der Waals surface area contributed by atoms with Crippen LogP contribution in [0, 0.1) is 0 Å². The molecule has 1 unspecified atom stereocenters. The number of nitrogens with two attached hydrogens (primary N) is 2. The summed E-state index contributed by atoms with van der Waals surface area (Å²) in [4.78, 5) is 22.3. The highest BCUT2D eigenvalue weighted by atomic mass is 16.1. The van der Waals surface area contributed by atoms with Crippen molar-refractivity contribution in [2.45, 2.75) is 25.8 Å². The van der Waals surface area contributed by atoms with Crippen LogP contribution in [0.4, 0.5) is 0 Å². The molecule has 0 bridgehead atoms. The Balaban J connectivity index is 2.42.